The molecule has 0 spiro atoms. The summed E-state index contributed by atoms with van der Waals surface area (Å²) in [5.74, 6) is -0.398. The molecule has 1 N–H and O–H groups in total. The number of carbonyl (C=O) groups is 2. The van der Waals surface area contributed by atoms with Gasteiger partial charge in [-0.2, -0.15) is 0 Å². The number of carbonyl (C=O) groups excluding carboxylic acids is 2. The summed E-state index contributed by atoms with van der Waals surface area (Å²) in [7, 11) is 0. The Bertz CT molecular complexity index is 414. The lowest BCUT2D eigenvalue weighted by molar-refractivity contribution is -0.117. The largest absolute Gasteiger partial charge is 0.450 e. The molecule has 0 aliphatic carbocycles. The Labute approximate surface area is 108 Å². The summed E-state index contributed by atoms with van der Waals surface area (Å²) in [5, 5.41) is 3.10. The van der Waals surface area contributed by atoms with E-state index in [1.807, 2.05) is 0 Å². The van der Waals surface area contributed by atoms with E-state index in [-0.39, 0.29) is 12.4 Å². The first kappa shape index (κ1) is 13.8. The number of thioether (sulfide) groups is 1. The van der Waals surface area contributed by atoms with Crippen LogP contribution in [-0.2, 0) is 9.53 Å². The van der Waals surface area contributed by atoms with Crippen LogP contribution in [0.5, 0.6) is 0 Å². The number of amides is 2. The van der Waals surface area contributed by atoms with Crippen molar-refractivity contribution in [3.63, 3.8) is 0 Å². The molecule has 7 heteroatoms. The Morgan fingerprint density at radius 1 is 1.59 bits per heavy atom. The van der Waals surface area contributed by atoms with E-state index in [9.17, 15) is 9.59 Å². The summed E-state index contributed by atoms with van der Waals surface area (Å²) in [6, 6.07) is 3.38. The highest BCUT2D eigenvalue weighted by Crippen LogP contribution is 2.23. The van der Waals surface area contributed by atoms with Gasteiger partial charge in [0.1, 0.15) is 5.03 Å². The predicted molar refractivity (Wildman–Crippen MR) is 65.1 cm³/mol. The first-order valence-corrected chi connectivity index (χ1v) is 6.19. The molecule has 17 heavy (non-hydrogen) atoms. The summed E-state index contributed by atoms with van der Waals surface area (Å²) >= 11 is 7.01. The number of rotatable bonds is 4. The highest BCUT2D eigenvalue weighted by molar-refractivity contribution is 8.00. The lowest BCUT2D eigenvalue weighted by Gasteiger charge is -2.04. The summed E-state index contributed by atoms with van der Waals surface area (Å²) in [5.41, 5.74) is 0. The van der Waals surface area contributed by atoms with Crippen molar-refractivity contribution in [1.82, 2.24) is 10.3 Å². The van der Waals surface area contributed by atoms with E-state index in [1.165, 1.54) is 0 Å². The molecule has 0 unspecified atom stereocenters. The van der Waals surface area contributed by atoms with E-state index in [1.54, 1.807) is 25.3 Å². The minimum Gasteiger partial charge on any atom is -0.450 e. The quantitative estimate of drug-likeness (QED) is 0.852. The Morgan fingerprint density at radius 2 is 2.35 bits per heavy atom. The smallest absolute Gasteiger partial charge is 0.413 e. The van der Waals surface area contributed by atoms with E-state index >= 15 is 0 Å². The second-order valence-corrected chi connectivity index (χ2v) is 4.22. The maximum Gasteiger partial charge on any atom is 0.413 e. The van der Waals surface area contributed by atoms with Crippen LogP contribution in [0.3, 0.4) is 0 Å². The molecule has 5 nitrogen and oxygen atoms in total. The summed E-state index contributed by atoms with van der Waals surface area (Å²) in [6.45, 7) is 1.88. The Kier molecular flexibility index (Phi) is 5.79. The van der Waals surface area contributed by atoms with Crippen LogP contribution in [0.4, 0.5) is 4.79 Å². The molecule has 0 aliphatic heterocycles. The highest BCUT2D eigenvalue weighted by Gasteiger charge is 2.10. The molecule has 0 aliphatic rings. The van der Waals surface area contributed by atoms with Gasteiger partial charge >= 0.3 is 6.09 Å². The standard InChI is InChI=1S/C10H11ClN2O3S/c1-2-16-10(15)13-8(14)6-17-9-7(11)4-3-5-12-9/h3-5H,2,6H2,1H3,(H,13,14,15). The number of nitrogens with one attached hydrogen (secondary N) is 1. The van der Waals surface area contributed by atoms with Gasteiger partial charge in [0.2, 0.25) is 5.91 Å². The van der Waals surface area contributed by atoms with Gasteiger partial charge in [-0.1, -0.05) is 23.4 Å². The molecule has 0 atom stereocenters. The minimum absolute atomic E-state index is 0.0511. The van der Waals surface area contributed by atoms with Crippen molar-refractivity contribution in [2.24, 2.45) is 0 Å². The zero-order chi connectivity index (χ0) is 12.7. The van der Waals surface area contributed by atoms with E-state index in [4.69, 9.17) is 11.6 Å². The number of alkyl carbamates (subject to hydrolysis) is 1. The van der Waals surface area contributed by atoms with Crippen LogP contribution in [-0.4, -0.2) is 29.3 Å². The summed E-state index contributed by atoms with van der Waals surface area (Å²) < 4.78 is 4.57. The number of ether oxygens (including phenoxy) is 1. The van der Waals surface area contributed by atoms with E-state index in [0.29, 0.717) is 10.0 Å². The van der Waals surface area contributed by atoms with Gasteiger partial charge in [-0.25, -0.2) is 9.78 Å². The zero-order valence-corrected chi connectivity index (χ0v) is 10.7. The van der Waals surface area contributed by atoms with Crippen LogP contribution in [0.25, 0.3) is 0 Å². The van der Waals surface area contributed by atoms with Gasteiger partial charge in [-0.15, -0.1) is 0 Å². The van der Waals surface area contributed by atoms with E-state index in [2.05, 4.69) is 15.0 Å². The summed E-state index contributed by atoms with van der Waals surface area (Å²) in [6.07, 6.45) is 0.836. The number of hydrogen-bond donors (Lipinski definition) is 1. The third kappa shape index (κ3) is 5.06. The van der Waals surface area contributed by atoms with Crippen LogP contribution >= 0.6 is 23.4 Å². The second kappa shape index (κ2) is 7.13. The lowest BCUT2D eigenvalue weighted by atomic mass is 10.5. The van der Waals surface area contributed by atoms with Crippen molar-refractivity contribution in [3.8, 4) is 0 Å². The monoisotopic (exact) mass is 274 g/mol. The Hall–Kier alpha value is -1.27. The van der Waals surface area contributed by atoms with Gasteiger partial charge < -0.3 is 4.74 Å². The second-order valence-electron chi connectivity index (χ2n) is 2.85. The average Bonchev–Trinajstić information content (AvgIpc) is 2.28. The van der Waals surface area contributed by atoms with Gasteiger partial charge in [0.25, 0.3) is 0 Å². The van der Waals surface area contributed by atoms with Crippen LogP contribution in [0.15, 0.2) is 23.4 Å². The molecule has 0 radical (unpaired) electrons. The van der Waals surface area contributed by atoms with Crippen molar-refractivity contribution in [1.29, 1.82) is 0 Å². The number of imide groups is 1. The fraction of sp³-hybridized carbons (Fsp3) is 0.300. The molecular weight excluding hydrogens is 264 g/mol. The molecule has 0 aromatic carbocycles. The SMILES string of the molecule is CCOC(=O)NC(=O)CSc1ncccc1Cl. The van der Waals surface area contributed by atoms with Crippen molar-refractivity contribution < 1.29 is 14.3 Å². The van der Waals surface area contributed by atoms with Crippen LogP contribution in [0.1, 0.15) is 6.92 Å². The van der Waals surface area contributed by atoms with Gasteiger partial charge in [0.05, 0.1) is 17.4 Å². The summed E-state index contributed by atoms with van der Waals surface area (Å²) in [4.78, 5) is 26.2. The van der Waals surface area contributed by atoms with Crippen LogP contribution in [0.2, 0.25) is 5.02 Å². The molecule has 1 aromatic heterocycles. The minimum atomic E-state index is -0.745. The van der Waals surface area contributed by atoms with Gasteiger partial charge in [-0.3, -0.25) is 10.1 Å². The number of hydrogen-bond acceptors (Lipinski definition) is 5. The van der Waals surface area contributed by atoms with Crippen molar-refractivity contribution in [2.75, 3.05) is 12.4 Å². The zero-order valence-electron chi connectivity index (χ0n) is 9.10. The third-order valence-electron chi connectivity index (χ3n) is 1.58. The number of pyridine rings is 1. The molecule has 0 saturated heterocycles. The molecule has 92 valence electrons. The van der Waals surface area contributed by atoms with Gasteiger partial charge in [0.15, 0.2) is 0 Å². The van der Waals surface area contributed by atoms with E-state index < -0.39 is 12.0 Å². The van der Waals surface area contributed by atoms with Crippen LogP contribution in [0, 0.1) is 0 Å². The number of aromatic nitrogens is 1. The maximum absolute atomic E-state index is 11.3. The lowest BCUT2D eigenvalue weighted by Crippen LogP contribution is -2.32. The first-order valence-electron chi connectivity index (χ1n) is 4.83. The fourth-order valence-electron chi connectivity index (χ4n) is 0.928. The topological polar surface area (TPSA) is 68.3 Å². The highest BCUT2D eigenvalue weighted by atomic mass is 35.5. The number of nitrogens with zero attached hydrogens (tertiary/aromatic N) is 1. The predicted octanol–water partition coefficient (Wildman–Crippen LogP) is 2.10. The maximum atomic E-state index is 11.3. The molecule has 0 saturated carbocycles. The van der Waals surface area contributed by atoms with Gasteiger partial charge in [-0.05, 0) is 19.1 Å². The van der Waals surface area contributed by atoms with Crippen molar-refractivity contribution in [3.05, 3.63) is 23.4 Å². The number of halogens is 1. The molecular formula is C10H11ClN2O3S. The van der Waals surface area contributed by atoms with E-state index in [0.717, 1.165) is 11.8 Å². The van der Waals surface area contributed by atoms with Gasteiger partial charge in [0, 0.05) is 6.20 Å². The molecule has 2 amide bonds. The fourth-order valence-corrected chi connectivity index (χ4v) is 1.89. The Morgan fingerprint density at radius 3 is 3.00 bits per heavy atom. The molecule has 1 heterocycles. The first-order chi connectivity index (χ1) is 8.13. The molecule has 0 bridgehead atoms. The third-order valence-corrected chi connectivity index (χ3v) is 3.00. The normalized spacial score (nSPS) is 9.76. The molecule has 1 rings (SSSR count). The van der Waals surface area contributed by atoms with Crippen molar-refractivity contribution in [2.45, 2.75) is 11.9 Å². The average molecular weight is 275 g/mol. The van der Waals surface area contributed by atoms with Crippen molar-refractivity contribution >= 4 is 35.4 Å². The molecule has 1 aromatic rings. The Balaban J connectivity index is 2.38. The molecule has 0 fully saturated rings. The van der Waals surface area contributed by atoms with Crippen LogP contribution < -0.4 is 5.32 Å².